The molecule has 4 heterocycles. The number of hydrogen-bond acceptors (Lipinski definition) is 11. The molecule has 42 heavy (non-hydrogen) atoms. The normalized spacial score (nSPS) is 20.7. The van der Waals surface area contributed by atoms with Crippen LogP contribution in [0.5, 0.6) is 5.75 Å². The second-order valence-electron chi connectivity index (χ2n) is 11.0. The molecule has 4 aromatic rings. The smallest absolute Gasteiger partial charge is 0.256 e. The van der Waals surface area contributed by atoms with E-state index in [4.69, 9.17) is 4.74 Å². The number of ether oxygens (including phenoxy) is 1. The number of halogens is 1. The standard InChI is InChI=1S/C28H31FN8O4S/c1-28(38)10-7-18(8-11-28)33-21-13-25(31-15-20(21)26-22(41-2)5-6-23(29)34-26)35-24-9-12-30-27(36-24)17-14-32-37(16-17)42(39,40)19-3-4-19/h5-6,9,12-16,18-19,38H,3-4,7-8,10-11H2,1-2H3,(H2,30,31,33,35,36). The van der Waals surface area contributed by atoms with Crippen LogP contribution in [0, 0.1) is 5.95 Å². The summed E-state index contributed by atoms with van der Waals surface area (Å²) in [6, 6.07) is 6.28. The van der Waals surface area contributed by atoms with Crippen molar-refractivity contribution in [2.75, 3.05) is 17.7 Å². The van der Waals surface area contributed by atoms with Crippen molar-refractivity contribution >= 4 is 27.3 Å². The van der Waals surface area contributed by atoms with Crippen LogP contribution >= 0.6 is 0 Å². The topological polar surface area (TPSA) is 157 Å². The molecular formula is C28H31FN8O4S. The lowest BCUT2D eigenvalue weighted by molar-refractivity contribution is 0.0196. The average Bonchev–Trinajstić information content (AvgIpc) is 3.71. The number of aliphatic hydroxyl groups is 1. The third kappa shape index (κ3) is 5.90. The number of hydrogen-bond donors (Lipinski definition) is 3. The van der Waals surface area contributed by atoms with Gasteiger partial charge in [-0.15, -0.1) is 0 Å². The van der Waals surface area contributed by atoms with Crippen molar-refractivity contribution in [3.05, 3.63) is 55.0 Å². The number of anilines is 3. The van der Waals surface area contributed by atoms with Gasteiger partial charge in [0.15, 0.2) is 5.82 Å². The predicted molar refractivity (Wildman–Crippen MR) is 154 cm³/mol. The summed E-state index contributed by atoms with van der Waals surface area (Å²) in [6.07, 6.45) is 10.1. The van der Waals surface area contributed by atoms with Crippen molar-refractivity contribution in [3.63, 3.8) is 0 Å². The lowest BCUT2D eigenvalue weighted by Crippen LogP contribution is -2.35. The minimum absolute atomic E-state index is 0.0767. The number of methoxy groups -OCH3 is 1. The number of rotatable bonds is 9. The molecule has 0 aliphatic heterocycles. The van der Waals surface area contributed by atoms with Gasteiger partial charge in [-0.2, -0.15) is 13.6 Å². The monoisotopic (exact) mass is 594 g/mol. The van der Waals surface area contributed by atoms with Gasteiger partial charge in [0.05, 0.1) is 35.9 Å². The Labute approximate surface area is 242 Å². The minimum Gasteiger partial charge on any atom is -0.494 e. The molecule has 14 heteroatoms. The highest BCUT2D eigenvalue weighted by molar-refractivity contribution is 7.90. The molecule has 12 nitrogen and oxygen atoms in total. The molecular weight excluding hydrogens is 563 g/mol. The van der Waals surface area contributed by atoms with E-state index >= 15 is 0 Å². The van der Waals surface area contributed by atoms with Crippen molar-refractivity contribution in [1.29, 1.82) is 0 Å². The first-order valence-corrected chi connectivity index (χ1v) is 15.2. The first kappa shape index (κ1) is 28.0. The van der Waals surface area contributed by atoms with E-state index in [1.807, 2.05) is 6.92 Å². The van der Waals surface area contributed by atoms with Crippen molar-refractivity contribution in [2.24, 2.45) is 0 Å². The molecule has 0 amide bonds. The van der Waals surface area contributed by atoms with Crippen LogP contribution in [-0.2, 0) is 10.0 Å². The Hall–Kier alpha value is -4.17. The summed E-state index contributed by atoms with van der Waals surface area (Å²) in [7, 11) is -2.01. The SMILES string of the molecule is COc1ccc(F)nc1-c1cnc(Nc2ccnc(-c3cnn(S(=O)(=O)C4CC4)c3)n2)cc1NC1CCC(C)(O)CC1. The number of nitrogens with one attached hydrogen (secondary N) is 2. The summed E-state index contributed by atoms with van der Waals surface area (Å²) in [5.74, 6) is 0.943. The zero-order chi connectivity index (χ0) is 29.5. The second kappa shape index (κ2) is 10.9. The van der Waals surface area contributed by atoms with Gasteiger partial charge in [0, 0.05) is 35.8 Å². The van der Waals surface area contributed by atoms with E-state index in [9.17, 15) is 17.9 Å². The Morgan fingerprint density at radius 3 is 2.60 bits per heavy atom. The summed E-state index contributed by atoms with van der Waals surface area (Å²) in [5, 5.41) is 20.8. The second-order valence-corrected chi connectivity index (χ2v) is 13.0. The first-order chi connectivity index (χ1) is 20.1. The Morgan fingerprint density at radius 2 is 1.86 bits per heavy atom. The molecule has 0 unspecified atom stereocenters. The van der Waals surface area contributed by atoms with Gasteiger partial charge in [-0.3, -0.25) is 0 Å². The third-order valence-electron chi connectivity index (χ3n) is 7.56. The van der Waals surface area contributed by atoms with Crippen LogP contribution in [0.1, 0.15) is 45.4 Å². The number of aromatic nitrogens is 6. The summed E-state index contributed by atoms with van der Waals surface area (Å²) in [4.78, 5) is 17.4. The summed E-state index contributed by atoms with van der Waals surface area (Å²) in [6.45, 7) is 1.84. The van der Waals surface area contributed by atoms with Gasteiger partial charge >= 0.3 is 0 Å². The number of nitrogens with zero attached hydrogens (tertiary/aromatic N) is 6. The fraction of sp³-hybridized carbons (Fsp3) is 0.393. The van der Waals surface area contributed by atoms with Crippen molar-refractivity contribution in [2.45, 2.75) is 62.3 Å². The fourth-order valence-corrected chi connectivity index (χ4v) is 6.47. The maximum absolute atomic E-state index is 14.2. The van der Waals surface area contributed by atoms with Gasteiger partial charge in [0.25, 0.3) is 10.0 Å². The Kier molecular flexibility index (Phi) is 7.27. The highest BCUT2D eigenvalue weighted by Gasteiger charge is 2.37. The van der Waals surface area contributed by atoms with E-state index in [1.54, 1.807) is 24.5 Å². The molecule has 2 fully saturated rings. The van der Waals surface area contributed by atoms with Crippen LogP contribution < -0.4 is 15.4 Å². The van der Waals surface area contributed by atoms with Crippen molar-refractivity contribution in [3.8, 4) is 28.4 Å². The van der Waals surface area contributed by atoms with Crippen LogP contribution in [0.4, 0.5) is 21.7 Å². The molecule has 2 aliphatic rings. The Morgan fingerprint density at radius 1 is 1.07 bits per heavy atom. The van der Waals surface area contributed by atoms with Crippen LogP contribution in [0.2, 0.25) is 0 Å². The molecule has 0 bridgehead atoms. The highest BCUT2D eigenvalue weighted by atomic mass is 32.2. The lowest BCUT2D eigenvalue weighted by Gasteiger charge is -2.34. The van der Waals surface area contributed by atoms with Crippen LogP contribution in [-0.4, -0.2) is 66.6 Å². The van der Waals surface area contributed by atoms with Gasteiger partial charge < -0.3 is 20.5 Å². The Bertz CT molecular complexity index is 1710. The van der Waals surface area contributed by atoms with E-state index in [0.29, 0.717) is 71.4 Å². The largest absolute Gasteiger partial charge is 0.494 e. The molecule has 4 aromatic heterocycles. The molecule has 6 rings (SSSR count). The molecule has 3 N–H and O–H groups in total. The van der Waals surface area contributed by atoms with E-state index in [1.165, 1.54) is 31.6 Å². The summed E-state index contributed by atoms with van der Waals surface area (Å²) < 4.78 is 45.7. The predicted octanol–water partition coefficient (Wildman–Crippen LogP) is 4.13. The van der Waals surface area contributed by atoms with Gasteiger partial charge in [-0.1, -0.05) is 0 Å². The van der Waals surface area contributed by atoms with Gasteiger partial charge in [0.2, 0.25) is 5.95 Å². The summed E-state index contributed by atoms with van der Waals surface area (Å²) >= 11 is 0. The quantitative estimate of drug-likeness (QED) is 0.239. The zero-order valence-electron chi connectivity index (χ0n) is 23.2. The fourth-order valence-electron chi connectivity index (χ4n) is 4.99. The molecule has 0 atom stereocenters. The van der Waals surface area contributed by atoms with Gasteiger partial charge in [-0.25, -0.2) is 28.4 Å². The van der Waals surface area contributed by atoms with Crippen LogP contribution in [0.25, 0.3) is 22.6 Å². The lowest BCUT2D eigenvalue weighted by atomic mass is 9.83. The maximum atomic E-state index is 14.2. The van der Waals surface area contributed by atoms with Gasteiger partial charge in [-0.05, 0) is 63.6 Å². The zero-order valence-corrected chi connectivity index (χ0v) is 24.0. The van der Waals surface area contributed by atoms with Crippen molar-refractivity contribution in [1.82, 2.24) is 29.1 Å². The van der Waals surface area contributed by atoms with Crippen LogP contribution in [0.15, 0.2) is 49.1 Å². The van der Waals surface area contributed by atoms with Crippen LogP contribution in [0.3, 0.4) is 0 Å². The molecule has 0 radical (unpaired) electrons. The minimum atomic E-state index is -3.50. The first-order valence-electron chi connectivity index (χ1n) is 13.7. The third-order valence-corrected chi connectivity index (χ3v) is 9.60. The Balaban J connectivity index is 1.29. The number of pyridine rings is 2. The summed E-state index contributed by atoms with van der Waals surface area (Å²) in [5.41, 5.74) is 1.30. The van der Waals surface area contributed by atoms with E-state index in [0.717, 1.165) is 16.9 Å². The van der Waals surface area contributed by atoms with E-state index in [-0.39, 0.29) is 11.3 Å². The molecule has 0 saturated heterocycles. The average molecular weight is 595 g/mol. The molecule has 0 aromatic carbocycles. The highest BCUT2D eigenvalue weighted by Crippen LogP contribution is 2.37. The van der Waals surface area contributed by atoms with Gasteiger partial charge in [0.1, 0.15) is 23.1 Å². The maximum Gasteiger partial charge on any atom is 0.256 e. The molecule has 0 spiro atoms. The molecule has 2 saturated carbocycles. The van der Waals surface area contributed by atoms with E-state index < -0.39 is 21.6 Å². The van der Waals surface area contributed by atoms with E-state index in [2.05, 4.69) is 35.7 Å². The molecule has 220 valence electrons. The molecule has 2 aliphatic carbocycles. The van der Waals surface area contributed by atoms with Crippen molar-refractivity contribution < 1.29 is 22.7 Å².